The van der Waals surface area contributed by atoms with Crippen LogP contribution in [0.2, 0.25) is 0 Å². The number of hydrogen-bond acceptors (Lipinski definition) is 6. The SMILES string of the molecule is COc1ccc(CSc2nnc(COc3ccc(C(C)C)cc3)n2N)cc1F. The molecule has 0 radical (unpaired) electrons. The van der Waals surface area contributed by atoms with Crippen molar-refractivity contribution >= 4 is 11.8 Å². The highest BCUT2D eigenvalue weighted by Crippen LogP contribution is 2.25. The molecular weight excluding hydrogens is 379 g/mol. The minimum Gasteiger partial charge on any atom is -0.494 e. The highest BCUT2D eigenvalue weighted by Gasteiger charge is 2.12. The third-order valence-corrected chi connectivity index (χ3v) is 5.25. The van der Waals surface area contributed by atoms with E-state index in [9.17, 15) is 4.39 Å². The molecule has 0 atom stereocenters. The Hall–Kier alpha value is -2.74. The summed E-state index contributed by atoms with van der Waals surface area (Å²) >= 11 is 1.37. The number of nitrogens with zero attached hydrogens (tertiary/aromatic N) is 3. The molecule has 0 saturated heterocycles. The Morgan fingerprint density at radius 2 is 1.89 bits per heavy atom. The van der Waals surface area contributed by atoms with E-state index in [0.717, 1.165) is 11.3 Å². The van der Waals surface area contributed by atoms with Gasteiger partial charge in [0.25, 0.3) is 0 Å². The van der Waals surface area contributed by atoms with Crippen molar-refractivity contribution in [1.29, 1.82) is 0 Å². The molecule has 2 N–H and O–H groups in total. The first-order chi connectivity index (χ1) is 13.5. The summed E-state index contributed by atoms with van der Waals surface area (Å²) in [5.41, 5.74) is 2.05. The van der Waals surface area contributed by atoms with Gasteiger partial charge < -0.3 is 15.3 Å². The molecule has 0 bridgehead atoms. The van der Waals surface area contributed by atoms with Crippen LogP contribution in [0.15, 0.2) is 47.6 Å². The van der Waals surface area contributed by atoms with Gasteiger partial charge in [0.15, 0.2) is 17.4 Å². The van der Waals surface area contributed by atoms with E-state index in [1.165, 1.54) is 35.2 Å². The first-order valence-corrected chi connectivity index (χ1v) is 9.84. The maximum atomic E-state index is 13.8. The standard InChI is InChI=1S/C20H23FN4O2S/c1-13(2)15-5-7-16(8-6-15)27-11-19-23-24-20(25(19)22)28-12-14-4-9-18(26-3)17(21)10-14/h4-10,13H,11-12,22H2,1-3H3. The fourth-order valence-corrected chi connectivity index (χ4v) is 3.37. The van der Waals surface area contributed by atoms with Gasteiger partial charge in [-0.1, -0.05) is 43.8 Å². The van der Waals surface area contributed by atoms with Crippen LogP contribution in [0.25, 0.3) is 0 Å². The van der Waals surface area contributed by atoms with Gasteiger partial charge in [0.2, 0.25) is 5.16 Å². The topological polar surface area (TPSA) is 75.2 Å². The smallest absolute Gasteiger partial charge is 0.210 e. The largest absolute Gasteiger partial charge is 0.494 e. The zero-order valence-electron chi connectivity index (χ0n) is 16.1. The normalized spacial score (nSPS) is 11.0. The molecule has 8 heteroatoms. The summed E-state index contributed by atoms with van der Waals surface area (Å²) in [6.07, 6.45) is 0. The van der Waals surface area contributed by atoms with Crippen LogP contribution < -0.4 is 15.3 Å². The van der Waals surface area contributed by atoms with Gasteiger partial charge in [-0.3, -0.25) is 0 Å². The fraction of sp³-hybridized carbons (Fsp3) is 0.300. The van der Waals surface area contributed by atoms with Gasteiger partial charge in [0, 0.05) is 5.75 Å². The predicted molar refractivity (Wildman–Crippen MR) is 108 cm³/mol. The number of methoxy groups -OCH3 is 1. The molecular formula is C20H23FN4O2S. The van der Waals surface area contributed by atoms with Gasteiger partial charge in [-0.25, -0.2) is 9.07 Å². The molecule has 0 aliphatic carbocycles. The van der Waals surface area contributed by atoms with Gasteiger partial charge in [-0.2, -0.15) is 0 Å². The molecule has 0 unspecified atom stereocenters. The van der Waals surface area contributed by atoms with Gasteiger partial charge >= 0.3 is 0 Å². The molecule has 0 aliphatic heterocycles. The van der Waals surface area contributed by atoms with Crippen LogP contribution >= 0.6 is 11.8 Å². The maximum Gasteiger partial charge on any atom is 0.210 e. The molecule has 2 aromatic carbocycles. The van der Waals surface area contributed by atoms with Gasteiger partial charge in [-0.15, -0.1) is 10.2 Å². The minimum absolute atomic E-state index is 0.211. The second-order valence-corrected chi connectivity index (χ2v) is 7.48. The van der Waals surface area contributed by atoms with Gasteiger partial charge in [0.1, 0.15) is 12.4 Å². The third-order valence-electron chi connectivity index (χ3n) is 4.23. The first-order valence-electron chi connectivity index (χ1n) is 8.85. The van der Waals surface area contributed by atoms with Crippen molar-refractivity contribution in [1.82, 2.24) is 14.9 Å². The van der Waals surface area contributed by atoms with E-state index in [0.29, 0.717) is 22.7 Å². The molecule has 3 rings (SSSR count). The number of nitrogen functional groups attached to an aromatic ring is 1. The van der Waals surface area contributed by atoms with Crippen molar-refractivity contribution in [3.63, 3.8) is 0 Å². The zero-order chi connectivity index (χ0) is 20.1. The van der Waals surface area contributed by atoms with Gasteiger partial charge in [-0.05, 0) is 41.3 Å². The Labute approximate surface area is 167 Å². The lowest BCUT2D eigenvalue weighted by atomic mass is 10.0. The number of rotatable bonds is 8. The van der Waals surface area contributed by atoms with E-state index in [-0.39, 0.29) is 12.4 Å². The zero-order valence-corrected chi connectivity index (χ0v) is 16.9. The maximum absolute atomic E-state index is 13.8. The molecule has 148 valence electrons. The number of hydrogen-bond donors (Lipinski definition) is 1. The molecule has 0 amide bonds. The van der Waals surface area contributed by atoms with Crippen molar-refractivity contribution in [2.75, 3.05) is 13.0 Å². The average molecular weight is 402 g/mol. The summed E-state index contributed by atoms with van der Waals surface area (Å²) in [5.74, 6) is 8.13. The van der Waals surface area contributed by atoms with E-state index in [1.807, 2.05) is 24.3 Å². The number of benzene rings is 2. The fourth-order valence-electron chi connectivity index (χ4n) is 2.55. The van der Waals surface area contributed by atoms with E-state index in [2.05, 4.69) is 24.0 Å². The van der Waals surface area contributed by atoms with Crippen LogP contribution in [0.5, 0.6) is 11.5 Å². The van der Waals surface area contributed by atoms with E-state index in [1.54, 1.807) is 12.1 Å². The monoisotopic (exact) mass is 402 g/mol. The van der Waals surface area contributed by atoms with Crippen molar-refractivity contribution in [2.45, 2.75) is 37.3 Å². The van der Waals surface area contributed by atoms with E-state index >= 15 is 0 Å². The summed E-state index contributed by atoms with van der Waals surface area (Å²) < 4.78 is 25.9. The summed E-state index contributed by atoms with van der Waals surface area (Å²) in [4.78, 5) is 0. The Bertz CT molecular complexity index is 928. The lowest BCUT2D eigenvalue weighted by Crippen LogP contribution is -2.15. The predicted octanol–water partition coefficient (Wildman–Crippen LogP) is 4.13. The molecule has 0 fully saturated rings. The quantitative estimate of drug-likeness (QED) is 0.451. The number of thioether (sulfide) groups is 1. The molecule has 6 nitrogen and oxygen atoms in total. The first kappa shape index (κ1) is 20.0. The van der Waals surface area contributed by atoms with Crippen LogP contribution in [0.1, 0.15) is 36.7 Å². The van der Waals surface area contributed by atoms with Crippen LogP contribution in [0, 0.1) is 5.82 Å². The summed E-state index contributed by atoms with van der Waals surface area (Å²) in [7, 11) is 1.44. The molecule has 1 heterocycles. The van der Waals surface area contributed by atoms with Crippen molar-refractivity contribution in [3.8, 4) is 11.5 Å². The molecule has 0 aliphatic rings. The number of ether oxygens (including phenoxy) is 2. The van der Waals surface area contributed by atoms with Crippen LogP contribution in [-0.2, 0) is 12.4 Å². The van der Waals surface area contributed by atoms with Gasteiger partial charge in [0.05, 0.1) is 7.11 Å². The van der Waals surface area contributed by atoms with Crippen LogP contribution in [-0.4, -0.2) is 22.0 Å². The summed E-state index contributed by atoms with van der Waals surface area (Å²) in [6.45, 7) is 4.50. The molecule has 0 spiro atoms. The average Bonchev–Trinajstić information content (AvgIpc) is 3.04. The second-order valence-electron chi connectivity index (χ2n) is 6.54. The Balaban J connectivity index is 1.58. The highest BCUT2D eigenvalue weighted by molar-refractivity contribution is 7.98. The lowest BCUT2D eigenvalue weighted by Gasteiger charge is -2.09. The van der Waals surface area contributed by atoms with E-state index in [4.69, 9.17) is 15.3 Å². The van der Waals surface area contributed by atoms with E-state index < -0.39 is 5.82 Å². The number of aromatic nitrogens is 3. The van der Waals surface area contributed by atoms with Crippen molar-refractivity contribution in [2.24, 2.45) is 0 Å². The Morgan fingerprint density at radius 1 is 1.14 bits per heavy atom. The van der Waals surface area contributed by atoms with Crippen molar-refractivity contribution < 1.29 is 13.9 Å². The summed E-state index contributed by atoms with van der Waals surface area (Å²) in [5, 5.41) is 8.70. The van der Waals surface area contributed by atoms with Crippen molar-refractivity contribution in [3.05, 3.63) is 65.2 Å². The molecule has 0 saturated carbocycles. The third kappa shape index (κ3) is 4.75. The second kappa shape index (κ2) is 8.97. The Morgan fingerprint density at radius 3 is 2.54 bits per heavy atom. The van der Waals surface area contributed by atoms with Crippen LogP contribution in [0.4, 0.5) is 4.39 Å². The molecule has 1 aromatic heterocycles. The van der Waals surface area contributed by atoms with Crippen LogP contribution in [0.3, 0.4) is 0 Å². The number of nitrogens with two attached hydrogens (primary N) is 1. The highest BCUT2D eigenvalue weighted by atomic mass is 32.2. The minimum atomic E-state index is -0.396. The Kier molecular flexibility index (Phi) is 6.41. The summed E-state index contributed by atoms with van der Waals surface area (Å²) in [6, 6.07) is 12.8. The molecule has 3 aromatic rings. The number of halogens is 1. The lowest BCUT2D eigenvalue weighted by molar-refractivity contribution is 0.291. The molecule has 28 heavy (non-hydrogen) atoms.